The van der Waals surface area contributed by atoms with Crippen molar-refractivity contribution in [3.05, 3.63) is 59.2 Å². The fourth-order valence-electron chi connectivity index (χ4n) is 4.26. The van der Waals surface area contributed by atoms with Crippen LogP contribution in [-0.4, -0.2) is 50.6 Å². The lowest BCUT2D eigenvalue weighted by molar-refractivity contribution is -0.124. The predicted molar refractivity (Wildman–Crippen MR) is 121 cm³/mol. The second-order valence-electron chi connectivity index (χ2n) is 7.97. The van der Waals surface area contributed by atoms with Crippen molar-refractivity contribution in [3.8, 4) is 11.5 Å². The molecule has 1 aliphatic rings. The van der Waals surface area contributed by atoms with Gasteiger partial charge in [0.05, 0.1) is 20.1 Å². The smallest absolute Gasteiger partial charge is 0.254 e. The molecule has 0 saturated carbocycles. The van der Waals surface area contributed by atoms with Crippen LogP contribution in [0.15, 0.2) is 42.5 Å². The molecule has 2 aromatic carbocycles. The first-order valence-electron chi connectivity index (χ1n) is 10.8. The zero-order valence-corrected chi connectivity index (χ0v) is 18.8. The third-order valence-electron chi connectivity index (χ3n) is 5.98. The van der Waals surface area contributed by atoms with Gasteiger partial charge < -0.3 is 19.7 Å². The molecule has 2 aromatic rings. The quantitative estimate of drug-likeness (QED) is 0.655. The zero-order chi connectivity index (χ0) is 22.4. The number of likely N-dealkylation sites (tertiary alicyclic amines) is 1. The summed E-state index contributed by atoms with van der Waals surface area (Å²) < 4.78 is 11.1. The second kappa shape index (κ2) is 10.3. The summed E-state index contributed by atoms with van der Waals surface area (Å²) in [5, 5.41) is 3.05. The van der Waals surface area contributed by atoms with Gasteiger partial charge in [-0.25, -0.2) is 0 Å². The van der Waals surface area contributed by atoms with Crippen LogP contribution in [0, 0.1) is 12.8 Å². The number of rotatable bonds is 8. The number of nitrogens with zero attached hydrogens (tertiary/aromatic N) is 1. The maximum atomic E-state index is 13.3. The number of unbranched alkanes of at least 4 members (excludes halogenated alkanes) is 1. The van der Waals surface area contributed by atoms with Crippen molar-refractivity contribution in [2.75, 3.05) is 33.9 Å². The van der Waals surface area contributed by atoms with E-state index in [9.17, 15) is 9.59 Å². The first kappa shape index (κ1) is 22.7. The van der Waals surface area contributed by atoms with Gasteiger partial charge in [-0.2, -0.15) is 0 Å². The Morgan fingerprint density at radius 3 is 2.52 bits per heavy atom. The molecule has 3 rings (SSSR count). The van der Waals surface area contributed by atoms with E-state index in [4.69, 9.17) is 9.47 Å². The maximum Gasteiger partial charge on any atom is 0.254 e. The van der Waals surface area contributed by atoms with Crippen LogP contribution in [0.5, 0.6) is 11.5 Å². The molecule has 0 aromatic heterocycles. The molecule has 0 aliphatic carbocycles. The van der Waals surface area contributed by atoms with Crippen LogP contribution >= 0.6 is 0 Å². The Bertz CT molecular complexity index is 927. The number of carbonyl (C=O) groups excluding carboxylic acids is 2. The molecule has 1 N–H and O–H groups in total. The van der Waals surface area contributed by atoms with Crippen molar-refractivity contribution in [1.82, 2.24) is 10.2 Å². The van der Waals surface area contributed by atoms with Crippen molar-refractivity contribution in [2.45, 2.75) is 32.6 Å². The fourth-order valence-corrected chi connectivity index (χ4v) is 4.26. The van der Waals surface area contributed by atoms with Crippen LogP contribution in [0.25, 0.3) is 0 Å². The van der Waals surface area contributed by atoms with Crippen LogP contribution in [0.4, 0.5) is 0 Å². The summed E-state index contributed by atoms with van der Waals surface area (Å²) in [6, 6.07) is 13.3. The summed E-state index contributed by atoms with van der Waals surface area (Å²) in [7, 11) is 3.20. The zero-order valence-electron chi connectivity index (χ0n) is 18.8. The minimum Gasteiger partial charge on any atom is -0.493 e. The number of hydrogen-bond acceptors (Lipinski definition) is 4. The SMILES string of the molecule is CCCCNC(=O)C1CN(C(=O)c2ccccc2C)CC1c1cccc(OC)c1OC. The van der Waals surface area contributed by atoms with Gasteiger partial charge in [0, 0.05) is 36.7 Å². The highest BCUT2D eigenvalue weighted by Crippen LogP contribution is 2.42. The molecular formula is C25H32N2O4. The van der Waals surface area contributed by atoms with Gasteiger partial charge in [0.25, 0.3) is 5.91 Å². The molecule has 1 saturated heterocycles. The van der Waals surface area contributed by atoms with E-state index in [1.807, 2.05) is 49.4 Å². The number of aryl methyl sites for hydroxylation is 1. The molecule has 1 heterocycles. The summed E-state index contributed by atoms with van der Waals surface area (Å²) in [4.78, 5) is 28.2. The van der Waals surface area contributed by atoms with E-state index in [1.165, 1.54) is 0 Å². The molecule has 0 radical (unpaired) electrons. The average molecular weight is 425 g/mol. The molecular weight excluding hydrogens is 392 g/mol. The number of nitrogens with one attached hydrogen (secondary N) is 1. The number of benzene rings is 2. The number of hydrogen-bond donors (Lipinski definition) is 1. The molecule has 1 aliphatic heterocycles. The lowest BCUT2D eigenvalue weighted by Gasteiger charge is -2.21. The van der Waals surface area contributed by atoms with Gasteiger partial charge in [-0.05, 0) is 31.0 Å². The first-order chi connectivity index (χ1) is 15.0. The van der Waals surface area contributed by atoms with Crippen LogP contribution in [0.3, 0.4) is 0 Å². The topological polar surface area (TPSA) is 67.9 Å². The summed E-state index contributed by atoms with van der Waals surface area (Å²) in [6.45, 7) is 5.48. The van der Waals surface area contributed by atoms with Gasteiger partial charge in [0.1, 0.15) is 0 Å². The molecule has 2 unspecified atom stereocenters. The standard InChI is InChI=1S/C25H32N2O4/c1-5-6-14-26-24(28)21-16-27(25(29)18-11-8-7-10-17(18)2)15-20(21)19-12-9-13-22(30-3)23(19)31-4/h7-13,20-21H,5-6,14-16H2,1-4H3,(H,26,28). The highest BCUT2D eigenvalue weighted by Gasteiger charge is 2.42. The van der Waals surface area contributed by atoms with E-state index in [0.717, 1.165) is 24.0 Å². The van der Waals surface area contributed by atoms with E-state index in [0.29, 0.717) is 36.7 Å². The summed E-state index contributed by atoms with van der Waals surface area (Å²) >= 11 is 0. The highest BCUT2D eigenvalue weighted by molar-refractivity contribution is 5.96. The average Bonchev–Trinajstić information content (AvgIpc) is 3.24. The summed E-state index contributed by atoms with van der Waals surface area (Å²) in [5.74, 6) is 0.628. The van der Waals surface area contributed by atoms with E-state index in [1.54, 1.807) is 19.1 Å². The third kappa shape index (κ3) is 4.84. The van der Waals surface area contributed by atoms with Crippen molar-refractivity contribution < 1.29 is 19.1 Å². The Labute approximate surface area is 184 Å². The number of methoxy groups -OCH3 is 2. The predicted octanol–water partition coefficient (Wildman–Crippen LogP) is 3.78. The Hall–Kier alpha value is -3.02. The molecule has 6 nitrogen and oxygen atoms in total. The molecule has 2 amide bonds. The molecule has 166 valence electrons. The van der Waals surface area contributed by atoms with E-state index >= 15 is 0 Å². The van der Waals surface area contributed by atoms with E-state index in [2.05, 4.69) is 12.2 Å². The van der Waals surface area contributed by atoms with Crippen molar-refractivity contribution in [2.24, 2.45) is 5.92 Å². The van der Waals surface area contributed by atoms with Gasteiger partial charge >= 0.3 is 0 Å². The molecule has 2 atom stereocenters. The molecule has 0 bridgehead atoms. The number of carbonyl (C=O) groups is 2. The van der Waals surface area contributed by atoms with Gasteiger partial charge in [0.2, 0.25) is 5.91 Å². The minimum absolute atomic E-state index is 0.0246. The lowest BCUT2D eigenvalue weighted by atomic mass is 9.87. The van der Waals surface area contributed by atoms with Crippen LogP contribution in [0.2, 0.25) is 0 Å². The normalized spacial score (nSPS) is 18.0. The highest BCUT2D eigenvalue weighted by atomic mass is 16.5. The van der Waals surface area contributed by atoms with Crippen LogP contribution in [-0.2, 0) is 4.79 Å². The van der Waals surface area contributed by atoms with Gasteiger partial charge in [0.15, 0.2) is 11.5 Å². The monoisotopic (exact) mass is 424 g/mol. The molecule has 0 spiro atoms. The van der Waals surface area contributed by atoms with E-state index in [-0.39, 0.29) is 23.7 Å². The maximum absolute atomic E-state index is 13.3. The summed E-state index contributed by atoms with van der Waals surface area (Å²) in [6.07, 6.45) is 1.94. The van der Waals surface area contributed by atoms with Crippen molar-refractivity contribution >= 4 is 11.8 Å². The van der Waals surface area contributed by atoms with Crippen molar-refractivity contribution in [3.63, 3.8) is 0 Å². The Kier molecular flexibility index (Phi) is 7.55. The molecule has 31 heavy (non-hydrogen) atoms. The van der Waals surface area contributed by atoms with Gasteiger partial charge in [-0.15, -0.1) is 0 Å². The van der Waals surface area contributed by atoms with Gasteiger partial charge in [-0.1, -0.05) is 43.7 Å². The van der Waals surface area contributed by atoms with Crippen LogP contribution < -0.4 is 14.8 Å². The van der Waals surface area contributed by atoms with Crippen molar-refractivity contribution in [1.29, 1.82) is 0 Å². The number of amides is 2. The molecule has 1 fully saturated rings. The summed E-state index contributed by atoms with van der Waals surface area (Å²) in [5.41, 5.74) is 2.49. The Balaban J connectivity index is 1.94. The lowest BCUT2D eigenvalue weighted by Crippen LogP contribution is -2.36. The van der Waals surface area contributed by atoms with Crippen LogP contribution in [0.1, 0.15) is 47.2 Å². The first-order valence-corrected chi connectivity index (χ1v) is 10.8. The third-order valence-corrected chi connectivity index (χ3v) is 5.98. The Morgan fingerprint density at radius 1 is 1.06 bits per heavy atom. The molecule has 6 heteroatoms. The second-order valence-corrected chi connectivity index (χ2v) is 7.97. The number of ether oxygens (including phenoxy) is 2. The number of para-hydroxylation sites is 1. The Morgan fingerprint density at radius 2 is 1.84 bits per heavy atom. The largest absolute Gasteiger partial charge is 0.493 e. The minimum atomic E-state index is -0.356. The van der Waals surface area contributed by atoms with Gasteiger partial charge in [-0.3, -0.25) is 9.59 Å². The van der Waals surface area contributed by atoms with E-state index < -0.39 is 0 Å². The fraction of sp³-hybridized carbons (Fsp3) is 0.440.